The van der Waals surface area contributed by atoms with Crippen LogP contribution in [-0.2, 0) is 0 Å². The summed E-state index contributed by atoms with van der Waals surface area (Å²) in [7, 11) is 0. The quantitative estimate of drug-likeness (QED) is 0.481. The lowest BCUT2D eigenvalue weighted by Crippen LogP contribution is -2.00. The van der Waals surface area contributed by atoms with Gasteiger partial charge in [0, 0.05) is 0 Å². The summed E-state index contributed by atoms with van der Waals surface area (Å²) in [6.45, 7) is 10.9. The molecule has 88 valence electrons. The minimum absolute atomic E-state index is 0.896. The predicted molar refractivity (Wildman–Crippen MR) is 69.0 cm³/mol. The van der Waals surface area contributed by atoms with Crippen molar-refractivity contribution in [2.24, 2.45) is 17.8 Å². The molecular weight excluding hydrogens is 180 g/mol. The molecule has 0 aliphatic heterocycles. The van der Waals surface area contributed by atoms with Crippen LogP contribution in [0.2, 0.25) is 0 Å². The van der Waals surface area contributed by atoms with Crippen molar-refractivity contribution in [3.63, 3.8) is 0 Å². The molecule has 2 unspecified atom stereocenters. The maximum absolute atomic E-state index is 3.97. The van der Waals surface area contributed by atoms with Crippen molar-refractivity contribution in [2.75, 3.05) is 0 Å². The molecule has 0 nitrogen and oxygen atoms in total. The fourth-order valence-electron chi connectivity index (χ4n) is 2.33. The zero-order valence-corrected chi connectivity index (χ0v) is 10.9. The van der Waals surface area contributed by atoms with Gasteiger partial charge in [0.15, 0.2) is 0 Å². The van der Waals surface area contributed by atoms with Gasteiger partial charge in [-0.05, 0) is 50.4 Å². The first-order valence-corrected chi connectivity index (χ1v) is 6.74. The highest BCUT2D eigenvalue weighted by Gasteiger charge is 2.27. The van der Waals surface area contributed by atoms with Crippen LogP contribution in [0.15, 0.2) is 12.2 Å². The van der Waals surface area contributed by atoms with Gasteiger partial charge in [-0.25, -0.2) is 0 Å². The van der Waals surface area contributed by atoms with Gasteiger partial charge in [0.1, 0.15) is 0 Å². The third-order valence-electron chi connectivity index (χ3n) is 3.85. The van der Waals surface area contributed by atoms with Crippen LogP contribution in [0, 0.1) is 17.8 Å². The lowest BCUT2D eigenvalue weighted by molar-refractivity contribution is 0.400. The Morgan fingerprint density at radius 2 is 1.87 bits per heavy atom. The normalized spacial score (nSPS) is 19.9. The summed E-state index contributed by atoms with van der Waals surface area (Å²) in [6, 6.07) is 0. The average molecular weight is 208 g/mol. The molecule has 1 aliphatic carbocycles. The number of hydrogen-bond donors (Lipinski definition) is 0. The molecule has 0 bridgehead atoms. The van der Waals surface area contributed by atoms with Crippen molar-refractivity contribution < 1.29 is 0 Å². The number of allylic oxidation sites excluding steroid dienone is 1. The summed E-state index contributed by atoms with van der Waals surface area (Å²) >= 11 is 0. The topological polar surface area (TPSA) is 0 Å². The van der Waals surface area contributed by atoms with Crippen molar-refractivity contribution in [1.82, 2.24) is 0 Å². The van der Waals surface area contributed by atoms with Gasteiger partial charge in [0.05, 0.1) is 0 Å². The van der Waals surface area contributed by atoms with Crippen molar-refractivity contribution in [1.29, 1.82) is 0 Å². The van der Waals surface area contributed by atoms with E-state index in [4.69, 9.17) is 0 Å². The fourth-order valence-corrected chi connectivity index (χ4v) is 2.33. The lowest BCUT2D eigenvalue weighted by Gasteiger charge is -2.13. The Kier molecular flexibility index (Phi) is 5.42. The first-order valence-electron chi connectivity index (χ1n) is 6.74. The lowest BCUT2D eigenvalue weighted by atomic mass is 9.93. The van der Waals surface area contributed by atoms with Gasteiger partial charge in [-0.2, -0.15) is 0 Å². The highest BCUT2D eigenvalue weighted by molar-refractivity contribution is 4.87. The van der Waals surface area contributed by atoms with E-state index in [0.717, 1.165) is 17.8 Å². The molecule has 0 heterocycles. The van der Waals surface area contributed by atoms with Crippen LogP contribution in [0.25, 0.3) is 0 Å². The van der Waals surface area contributed by atoms with Gasteiger partial charge >= 0.3 is 0 Å². The highest BCUT2D eigenvalue weighted by Crippen LogP contribution is 2.39. The van der Waals surface area contributed by atoms with Gasteiger partial charge in [-0.1, -0.05) is 38.7 Å². The van der Waals surface area contributed by atoms with Gasteiger partial charge in [0.2, 0.25) is 0 Å². The number of rotatable bonds is 8. The van der Waals surface area contributed by atoms with Crippen LogP contribution in [0.3, 0.4) is 0 Å². The van der Waals surface area contributed by atoms with Crippen LogP contribution >= 0.6 is 0 Å². The van der Waals surface area contributed by atoms with Crippen LogP contribution in [0.4, 0.5) is 0 Å². The first kappa shape index (κ1) is 12.8. The van der Waals surface area contributed by atoms with Crippen LogP contribution < -0.4 is 0 Å². The molecule has 1 fully saturated rings. The molecule has 2 atom stereocenters. The maximum Gasteiger partial charge on any atom is -0.0323 e. The molecule has 0 heteroatoms. The van der Waals surface area contributed by atoms with E-state index in [1.807, 2.05) is 0 Å². The highest BCUT2D eigenvalue weighted by atomic mass is 14.3. The molecule has 0 N–H and O–H groups in total. The van der Waals surface area contributed by atoms with E-state index in [-0.39, 0.29) is 0 Å². The summed E-state index contributed by atoms with van der Waals surface area (Å²) in [5.41, 5.74) is 1.34. The van der Waals surface area contributed by atoms with Crippen molar-refractivity contribution in [3.8, 4) is 0 Å². The zero-order chi connectivity index (χ0) is 11.3. The molecule has 1 aliphatic rings. The Morgan fingerprint density at radius 1 is 1.20 bits per heavy atom. The van der Waals surface area contributed by atoms with Crippen molar-refractivity contribution in [3.05, 3.63) is 12.2 Å². The van der Waals surface area contributed by atoms with Gasteiger partial charge in [-0.3, -0.25) is 0 Å². The van der Waals surface area contributed by atoms with Crippen LogP contribution in [0.5, 0.6) is 0 Å². The molecule has 0 amide bonds. The molecule has 0 saturated heterocycles. The Morgan fingerprint density at radius 3 is 2.40 bits per heavy atom. The summed E-state index contributed by atoms with van der Waals surface area (Å²) in [5.74, 6) is 2.99. The Labute approximate surface area is 96.2 Å². The summed E-state index contributed by atoms with van der Waals surface area (Å²) < 4.78 is 0. The van der Waals surface area contributed by atoms with E-state index in [1.54, 1.807) is 0 Å². The molecular formula is C15H28. The molecule has 0 spiro atoms. The third-order valence-corrected chi connectivity index (χ3v) is 3.85. The molecule has 0 radical (unpaired) electrons. The van der Waals surface area contributed by atoms with Gasteiger partial charge in [-0.15, -0.1) is 6.58 Å². The Hall–Kier alpha value is -0.260. The number of hydrogen-bond acceptors (Lipinski definition) is 0. The second-order valence-electron chi connectivity index (χ2n) is 5.85. The smallest absolute Gasteiger partial charge is 0.0323 e. The fraction of sp³-hybridized carbons (Fsp3) is 0.867. The van der Waals surface area contributed by atoms with E-state index in [9.17, 15) is 0 Å². The predicted octanol–water partition coefficient (Wildman–Crippen LogP) is 5.20. The second kappa shape index (κ2) is 6.35. The van der Waals surface area contributed by atoms with Crippen molar-refractivity contribution >= 4 is 0 Å². The summed E-state index contributed by atoms with van der Waals surface area (Å²) in [6.07, 6.45) is 9.90. The standard InChI is InChI=1S/C15H28/c1-12(2)8-9-13(3)6-5-7-14(4)15-10-11-15/h13-15H,1,5-11H2,2-4H3. The third kappa shape index (κ3) is 6.02. The minimum Gasteiger partial charge on any atom is -0.100 e. The molecule has 1 saturated carbocycles. The SMILES string of the molecule is C=C(C)CCC(C)CCCC(C)C1CC1. The molecule has 1 rings (SSSR count). The van der Waals surface area contributed by atoms with Crippen molar-refractivity contribution in [2.45, 2.75) is 65.7 Å². The minimum atomic E-state index is 0.896. The summed E-state index contributed by atoms with van der Waals surface area (Å²) in [4.78, 5) is 0. The molecule has 15 heavy (non-hydrogen) atoms. The van der Waals surface area contributed by atoms with E-state index in [0.29, 0.717) is 0 Å². The molecule has 0 aromatic carbocycles. The van der Waals surface area contributed by atoms with Crippen LogP contribution in [0.1, 0.15) is 65.7 Å². The Balaban J connectivity index is 1.95. The van der Waals surface area contributed by atoms with E-state index < -0.39 is 0 Å². The van der Waals surface area contributed by atoms with Crippen LogP contribution in [-0.4, -0.2) is 0 Å². The average Bonchev–Trinajstić information content (AvgIpc) is 2.97. The Bertz CT molecular complexity index is 188. The largest absolute Gasteiger partial charge is 0.100 e. The second-order valence-corrected chi connectivity index (χ2v) is 5.85. The van der Waals surface area contributed by atoms with Gasteiger partial charge < -0.3 is 0 Å². The maximum atomic E-state index is 3.97. The van der Waals surface area contributed by atoms with E-state index >= 15 is 0 Å². The molecule has 0 aromatic rings. The molecule has 0 aromatic heterocycles. The zero-order valence-electron chi connectivity index (χ0n) is 10.9. The monoisotopic (exact) mass is 208 g/mol. The van der Waals surface area contributed by atoms with E-state index in [1.165, 1.54) is 50.5 Å². The summed E-state index contributed by atoms with van der Waals surface area (Å²) in [5, 5.41) is 0. The van der Waals surface area contributed by atoms with Gasteiger partial charge in [0.25, 0.3) is 0 Å². The van der Waals surface area contributed by atoms with E-state index in [2.05, 4.69) is 27.4 Å². The first-order chi connectivity index (χ1) is 7.09.